The molecule has 15 heavy (non-hydrogen) atoms. The second-order valence-electron chi connectivity index (χ2n) is 6.79. The first-order chi connectivity index (χ1) is 6.83. The van der Waals surface area contributed by atoms with E-state index in [-0.39, 0.29) is 0 Å². The summed E-state index contributed by atoms with van der Waals surface area (Å²) in [6.07, 6.45) is 2.87. The van der Waals surface area contributed by atoms with Gasteiger partial charge in [0.2, 0.25) is 0 Å². The molecule has 2 aliphatic rings. The fraction of sp³-hybridized carbons (Fsp3) is 1.00. The van der Waals surface area contributed by atoms with Crippen molar-refractivity contribution in [3.8, 4) is 0 Å². The van der Waals surface area contributed by atoms with Gasteiger partial charge >= 0.3 is 0 Å². The maximum Gasteiger partial charge on any atom is 0.0266 e. The van der Waals surface area contributed by atoms with Gasteiger partial charge in [0.05, 0.1) is 0 Å². The Bertz CT molecular complexity index is 235. The fourth-order valence-corrected chi connectivity index (χ4v) is 2.78. The monoisotopic (exact) mass is 210 g/mol. The molecule has 0 aromatic heterocycles. The van der Waals surface area contributed by atoms with Crippen LogP contribution in [0.15, 0.2) is 0 Å². The van der Waals surface area contributed by atoms with E-state index in [9.17, 15) is 0 Å². The lowest BCUT2D eigenvalue weighted by atomic mass is 10.0. The molecule has 1 saturated carbocycles. The molecule has 1 atom stereocenters. The van der Waals surface area contributed by atoms with Crippen LogP contribution in [-0.2, 0) is 0 Å². The van der Waals surface area contributed by atoms with Crippen LogP contribution in [0.1, 0.15) is 47.5 Å². The molecule has 0 radical (unpaired) electrons. The van der Waals surface area contributed by atoms with Crippen molar-refractivity contribution < 1.29 is 0 Å². The Labute approximate surface area is 94.4 Å². The first kappa shape index (κ1) is 11.4. The largest absolute Gasteiger partial charge is 0.310 e. The predicted octanol–water partition coefficient (Wildman–Crippen LogP) is 2.25. The van der Waals surface area contributed by atoms with E-state index in [0.29, 0.717) is 17.0 Å². The Morgan fingerprint density at radius 1 is 1.27 bits per heavy atom. The summed E-state index contributed by atoms with van der Waals surface area (Å²) in [5.41, 5.74) is 0.973. The summed E-state index contributed by atoms with van der Waals surface area (Å²) in [4.78, 5) is 2.65. The van der Waals surface area contributed by atoms with E-state index in [2.05, 4.69) is 44.8 Å². The minimum Gasteiger partial charge on any atom is -0.310 e. The van der Waals surface area contributed by atoms with Gasteiger partial charge in [-0.3, -0.25) is 4.90 Å². The lowest BCUT2D eigenvalue weighted by molar-refractivity contribution is 0.164. The van der Waals surface area contributed by atoms with Crippen molar-refractivity contribution in [2.24, 2.45) is 5.41 Å². The molecule has 0 aromatic carbocycles. The average molecular weight is 210 g/mol. The lowest BCUT2D eigenvalue weighted by Crippen LogP contribution is -2.44. The van der Waals surface area contributed by atoms with E-state index in [1.165, 1.54) is 25.9 Å². The third-order valence-corrected chi connectivity index (χ3v) is 4.02. The van der Waals surface area contributed by atoms with Gasteiger partial charge in [-0.05, 0) is 39.0 Å². The number of rotatable bonds is 2. The summed E-state index contributed by atoms with van der Waals surface area (Å²) in [6, 6.07) is 1.35. The summed E-state index contributed by atoms with van der Waals surface area (Å²) in [7, 11) is 0. The molecule has 0 amide bonds. The summed E-state index contributed by atoms with van der Waals surface area (Å²) in [5.74, 6) is 0. The molecular weight excluding hydrogens is 184 g/mol. The van der Waals surface area contributed by atoms with Gasteiger partial charge in [-0.1, -0.05) is 13.8 Å². The van der Waals surface area contributed by atoms with Gasteiger partial charge in [0.15, 0.2) is 0 Å². The van der Waals surface area contributed by atoms with E-state index in [1.807, 2.05) is 0 Å². The molecule has 88 valence electrons. The maximum atomic E-state index is 3.75. The molecule has 0 aromatic rings. The Hall–Kier alpha value is -0.0800. The van der Waals surface area contributed by atoms with Crippen LogP contribution in [0.5, 0.6) is 0 Å². The molecular formula is C13H26N2. The molecule has 2 heteroatoms. The van der Waals surface area contributed by atoms with Crippen LogP contribution < -0.4 is 5.32 Å². The van der Waals surface area contributed by atoms with Crippen LogP contribution in [0.25, 0.3) is 0 Å². The van der Waals surface area contributed by atoms with Crippen LogP contribution in [0, 0.1) is 5.41 Å². The molecule has 1 unspecified atom stereocenters. The van der Waals surface area contributed by atoms with Crippen LogP contribution >= 0.6 is 0 Å². The highest BCUT2D eigenvalue weighted by Crippen LogP contribution is 2.53. The van der Waals surface area contributed by atoms with E-state index in [4.69, 9.17) is 0 Å². The van der Waals surface area contributed by atoms with Crippen LogP contribution in [0.4, 0.5) is 0 Å². The highest BCUT2D eigenvalue weighted by Gasteiger charge is 2.56. The maximum absolute atomic E-state index is 3.75. The number of hydrogen-bond donors (Lipinski definition) is 1. The van der Waals surface area contributed by atoms with Crippen LogP contribution in [0.3, 0.4) is 0 Å². The summed E-state index contributed by atoms with van der Waals surface area (Å²) < 4.78 is 0. The summed E-state index contributed by atoms with van der Waals surface area (Å²) in [5, 5.41) is 3.75. The second kappa shape index (κ2) is 3.46. The Morgan fingerprint density at radius 3 is 2.27 bits per heavy atom. The van der Waals surface area contributed by atoms with Gasteiger partial charge in [0, 0.05) is 30.7 Å². The van der Waals surface area contributed by atoms with Gasteiger partial charge in [-0.2, -0.15) is 0 Å². The molecule has 1 saturated heterocycles. The fourth-order valence-electron chi connectivity index (χ4n) is 2.78. The Balaban J connectivity index is 2.02. The Morgan fingerprint density at radius 2 is 1.87 bits per heavy atom. The quantitative estimate of drug-likeness (QED) is 0.752. The van der Waals surface area contributed by atoms with Crippen LogP contribution in [-0.4, -0.2) is 35.6 Å². The number of nitrogens with zero attached hydrogens (tertiary/aromatic N) is 1. The average Bonchev–Trinajstić information content (AvgIpc) is 2.70. The zero-order valence-electron chi connectivity index (χ0n) is 10.9. The molecule has 0 bridgehead atoms. The van der Waals surface area contributed by atoms with E-state index < -0.39 is 0 Å². The molecule has 2 fully saturated rings. The van der Waals surface area contributed by atoms with Gasteiger partial charge in [-0.25, -0.2) is 0 Å². The van der Waals surface area contributed by atoms with Gasteiger partial charge in [0.1, 0.15) is 0 Å². The normalized spacial score (nSPS) is 30.4. The minimum atomic E-state index is 0.336. The lowest BCUT2D eigenvalue weighted by Gasteiger charge is -2.32. The van der Waals surface area contributed by atoms with E-state index in [0.717, 1.165) is 6.04 Å². The van der Waals surface area contributed by atoms with Gasteiger partial charge < -0.3 is 5.32 Å². The van der Waals surface area contributed by atoms with Crippen molar-refractivity contribution >= 4 is 0 Å². The second-order valence-corrected chi connectivity index (χ2v) is 6.79. The zero-order valence-corrected chi connectivity index (χ0v) is 10.9. The molecule has 2 nitrogen and oxygen atoms in total. The number of nitrogens with one attached hydrogen (secondary N) is 1. The van der Waals surface area contributed by atoms with Gasteiger partial charge in [0.25, 0.3) is 0 Å². The molecule has 1 aliphatic carbocycles. The van der Waals surface area contributed by atoms with Crippen molar-refractivity contribution in [2.75, 3.05) is 13.1 Å². The van der Waals surface area contributed by atoms with E-state index >= 15 is 0 Å². The smallest absolute Gasteiger partial charge is 0.0266 e. The van der Waals surface area contributed by atoms with Crippen molar-refractivity contribution in [3.63, 3.8) is 0 Å². The summed E-state index contributed by atoms with van der Waals surface area (Å²) in [6.45, 7) is 14.1. The first-order valence-electron chi connectivity index (χ1n) is 6.35. The van der Waals surface area contributed by atoms with E-state index in [1.54, 1.807) is 0 Å². The minimum absolute atomic E-state index is 0.336. The summed E-state index contributed by atoms with van der Waals surface area (Å²) >= 11 is 0. The third-order valence-electron chi connectivity index (χ3n) is 4.02. The Kier molecular flexibility index (Phi) is 2.63. The van der Waals surface area contributed by atoms with Crippen molar-refractivity contribution in [2.45, 2.75) is 65.1 Å². The zero-order chi connectivity index (χ0) is 11.3. The van der Waals surface area contributed by atoms with Crippen molar-refractivity contribution in [3.05, 3.63) is 0 Å². The molecule has 2 rings (SSSR count). The standard InChI is InChI=1S/C13H26N2/c1-10(2)14-11-8-15(12(3,4)5)9-13(11)6-7-13/h10-11,14H,6-9H2,1-5H3. The molecule has 1 spiro atoms. The van der Waals surface area contributed by atoms with Crippen LogP contribution in [0.2, 0.25) is 0 Å². The third kappa shape index (κ3) is 2.21. The van der Waals surface area contributed by atoms with Crippen molar-refractivity contribution in [1.29, 1.82) is 0 Å². The SMILES string of the molecule is CC(C)NC1CN(C(C)(C)C)CC12CC2. The topological polar surface area (TPSA) is 15.3 Å². The highest BCUT2D eigenvalue weighted by atomic mass is 15.3. The molecule has 1 aliphatic heterocycles. The first-order valence-corrected chi connectivity index (χ1v) is 6.35. The number of hydrogen-bond acceptors (Lipinski definition) is 2. The highest BCUT2D eigenvalue weighted by molar-refractivity contribution is 5.11. The predicted molar refractivity (Wildman–Crippen MR) is 65.1 cm³/mol. The molecule has 1 N–H and O–H groups in total. The molecule has 1 heterocycles. The number of likely N-dealkylation sites (tertiary alicyclic amines) is 1. The van der Waals surface area contributed by atoms with Gasteiger partial charge in [-0.15, -0.1) is 0 Å². The van der Waals surface area contributed by atoms with Crippen molar-refractivity contribution in [1.82, 2.24) is 10.2 Å².